The summed E-state index contributed by atoms with van der Waals surface area (Å²) in [6.07, 6.45) is 6.30. The molecular weight excluding hydrogens is 264 g/mol. The molecule has 2 heterocycles. The molecule has 0 spiro atoms. The molecule has 0 radical (unpaired) electrons. The fourth-order valence-corrected chi connectivity index (χ4v) is 2.33. The fourth-order valence-electron chi connectivity index (χ4n) is 2.16. The van der Waals surface area contributed by atoms with Crippen molar-refractivity contribution in [3.05, 3.63) is 22.8 Å². The molecule has 5 heteroatoms. The molecule has 19 heavy (non-hydrogen) atoms. The summed E-state index contributed by atoms with van der Waals surface area (Å²) < 4.78 is 11.2. The molecule has 1 aliphatic heterocycles. The van der Waals surface area contributed by atoms with Gasteiger partial charge in [0, 0.05) is 37.7 Å². The summed E-state index contributed by atoms with van der Waals surface area (Å²) in [6, 6.07) is 2.62. The lowest BCUT2D eigenvalue weighted by molar-refractivity contribution is 0.0237. The SMILES string of the molecule is Clc1cnc(OC2CCOCC2)cc1CNC1CC1. The predicted molar refractivity (Wildman–Crippen MR) is 73.6 cm³/mol. The van der Waals surface area contributed by atoms with E-state index in [9.17, 15) is 0 Å². The van der Waals surface area contributed by atoms with Gasteiger partial charge in [-0.3, -0.25) is 0 Å². The van der Waals surface area contributed by atoms with Gasteiger partial charge in [0.2, 0.25) is 5.88 Å². The Morgan fingerprint density at radius 1 is 1.32 bits per heavy atom. The summed E-state index contributed by atoms with van der Waals surface area (Å²) in [4.78, 5) is 4.25. The van der Waals surface area contributed by atoms with Crippen molar-refractivity contribution in [2.24, 2.45) is 0 Å². The first-order valence-corrected chi connectivity index (χ1v) is 7.31. The monoisotopic (exact) mass is 282 g/mol. The van der Waals surface area contributed by atoms with Crippen molar-refractivity contribution >= 4 is 11.6 Å². The van der Waals surface area contributed by atoms with Crippen LogP contribution in [0.5, 0.6) is 5.88 Å². The summed E-state index contributed by atoms with van der Waals surface area (Å²) in [5.74, 6) is 0.670. The van der Waals surface area contributed by atoms with Gasteiger partial charge in [0.1, 0.15) is 6.10 Å². The van der Waals surface area contributed by atoms with E-state index in [0.29, 0.717) is 16.9 Å². The molecule has 1 saturated heterocycles. The largest absolute Gasteiger partial charge is 0.474 e. The van der Waals surface area contributed by atoms with Crippen molar-refractivity contribution in [3.8, 4) is 5.88 Å². The third kappa shape index (κ3) is 3.81. The zero-order chi connectivity index (χ0) is 13.1. The molecule has 0 atom stereocenters. The van der Waals surface area contributed by atoms with Gasteiger partial charge >= 0.3 is 0 Å². The molecule has 3 rings (SSSR count). The highest BCUT2D eigenvalue weighted by atomic mass is 35.5. The smallest absolute Gasteiger partial charge is 0.213 e. The highest BCUT2D eigenvalue weighted by Gasteiger charge is 2.21. The van der Waals surface area contributed by atoms with Crippen LogP contribution in [0.25, 0.3) is 0 Å². The molecule has 0 amide bonds. The van der Waals surface area contributed by atoms with Gasteiger partial charge in [0.05, 0.1) is 18.2 Å². The Bertz CT molecular complexity index is 431. The van der Waals surface area contributed by atoms with E-state index in [4.69, 9.17) is 21.1 Å². The Balaban J connectivity index is 1.61. The van der Waals surface area contributed by atoms with Crippen molar-refractivity contribution in [2.75, 3.05) is 13.2 Å². The first-order chi connectivity index (χ1) is 9.31. The molecule has 2 fully saturated rings. The first-order valence-electron chi connectivity index (χ1n) is 6.93. The molecule has 1 N–H and O–H groups in total. The highest BCUT2D eigenvalue weighted by Crippen LogP contribution is 2.24. The molecule has 0 unspecified atom stereocenters. The average molecular weight is 283 g/mol. The molecule has 1 aromatic heterocycles. The second kappa shape index (κ2) is 6.07. The van der Waals surface area contributed by atoms with Gasteiger partial charge in [0.25, 0.3) is 0 Å². The van der Waals surface area contributed by atoms with Crippen LogP contribution in [-0.2, 0) is 11.3 Å². The number of pyridine rings is 1. The Morgan fingerprint density at radius 3 is 2.84 bits per heavy atom. The van der Waals surface area contributed by atoms with Gasteiger partial charge in [-0.1, -0.05) is 11.6 Å². The van der Waals surface area contributed by atoms with E-state index < -0.39 is 0 Å². The van der Waals surface area contributed by atoms with E-state index in [1.165, 1.54) is 12.8 Å². The lowest BCUT2D eigenvalue weighted by Crippen LogP contribution is -2.26. The number of hydrogen-bond acceptors (Lipinski definition) is 4. The summed E-state index contributed by atoms with van der Waals surface area (Å²) >= 11 is 6.16. The van der Waals surface area contributed by atoms with Crippen LogP contribution in [0.3, 0.4) is 0 Å². The number of nitrogens with zero attached hydrogens (tertiary/aromatic N) is 1. The second-order valence-corrected chi connectivity index (χ2v) is 5.61. The maximum atomic E-state index is 6.16. The molecule has 0 aromatic carbocycles. The summed E-state index contributed by atoms with van der Waals surface area (Å²) in [5, 5.41) is 4.16. The van der Waals surface area contributed by atoms with E-state index in [2.05, 4.69) is 10.3 Å². The van der Waals surface area contributed by atoms with Crippen LogP contribution in [0.1, 0.15) is 31.2 Å². The molecule has 2 aliphatic rings. The summed E-state index contributed by atoms with van der Waals surface area (Å²) in [7, 11) is 0. The Kier molecular flexibility index (Phi) is 4.21. The average Bonchev–Trinajstić information content (AvgIpc) is 3.25. The fraction of sp³-hybridized carbons (Fsp3) is 0.643. The predicted octanol–water partition coefficient (Wildman–Crippen LogP) is 2.54. The van der Waals surface area contributed by atoms with E-state index >= 15 is 0 Å². The van der Waals surface area contributed by atoms with Gasteiger partial charge < -0.3 is 14.8 Å². The van der Waals surface area contributed by atoms with Crippen LogP contribution in [0, 0.1) is 0 Å². The van der Waals surface area contributed by atoms with E-state index in [1.54, 1.807) is 6.20 Å². The van der Waals surface area contributed by atoms with Gasteiger partial charge in [-0.15, -0.1) is 0 Å². The van der Waals surface area contributed by atoms with Crippen molar-refractivity contribution in [1.82, 2.24) is 10.3 Å². The molecule has 1 aliphatic carbocycles. The zero-order valence-corrected chi connectivity index (χ0v) is 11.7. The topological polar surface area (TPSA) is 43.4 Å². The van der Waals surface area contributed by atoms with Gasteiger partial charge in [-0.2, -0.15) is 0 Å². The molecule has 1 aromatic rings. The van der Waals surface area contributed by atoms with Crippen LogP contribution >= 0.6 is 11.6 Å². The van der Waals surface area contributed by atoms with Crippen LogP contribution in [0.2, 0.25) is 5.02 Å². The van der Waals surface area contributed by atoms with Crippen molar-refractivity contribution < 1.29 is 9.47 Å². The number of aromatic nitrogens is 1. The molecule has 4 nitrogen and oxygen atoms in total. The van der Waals surface area contributed by atoms with Crippen LogP contribution in [0.4, 0.5) is 0 Å². The minimum absolute atomic E-state index is 0.215. The molecular formula is C14H19ClN2O2. The second-order valence-electron chi connectivity index (χ2n) is 5.20. The Labute approximate surface area is 118 Å². The van der Waals surface area contributed by atoms with Gasteiger partial charge in [-0.25, -0.2) is 4.98 Å². The van der Waals surface area contributed by atoms with Gasteiger partial charge in [-0.05, 0) is 18.4 Å². The van der Waals surface area contributed by atoms with Crippen molar-refractivity contribution in [1.29, 1.82) is 0 Å². The maximum absolute atomic E-state index is 6.16. The standard InChI is InChI=1S/C14H19ClN2O2/c15-13-9-17-14(19-12-3-5-18-6-4-12)7-10(13)8-16-11-1-2-11/h7,9,11-12,16H,1-6,8H2. The summed E-state index contributed by atoms with van der Waals surface area (Å²) in [6.45, 7) is 2.33. The minimum Gasteiger partial charge on any atom is -0.474 e. The Hall–Kier alpha value is -0.840. The molecule has 104 valence electrons. The lowest BCUT2D eigenvalue weighted by Gasteiger charge is -2.23. The number of hydrogen-bond donors (Lipinski definition) is 1. The van der Waals surface area contributed by atoms with Crippen LogP contribution in [-0.4, -0.2) is 30.3 Å². The van der Waals surface area contributed by atoms with E-state index in [1.807, 2.05) is 6.07 Å². The maximum Gasteiger partial charge on any atom is 0.213 e. The number of rotatable bonds is 5. The third-order valence-corrected chi connectivity index (χ3v) is 3.86. The van der Waals surface area contributed by atoms with Crippen molar-refractivity contribution in [3.63, 3.8) is 0 Å². The van der Waals surface area contributed by atoms with Crippen molar-refractivity contribution in [2.45, 2.75) is 44.4 Å². The number of halogens is 1. The van der Waals surface area contributed by atoms with E-state index in [0.717, 1.165) is 38.2 Å². The van der Waals surface area contributed by atoms with Gasteiger partial charge in [0.15, 0.2) is 0 Å². The lowest BCUT2D eigenvalue weighted by atomic mass is 10.1. The minimum atomic E-state index is 0.215. The third-order valence-electron chi connectivity index (χ3n) is 3.52. The Morgan fingerprint density at radius 2 is 2.11 bits per heavy atom. The normalized spacial score (nSPS) is 20.5. The van der Waals surface area contributed by atoms with Crippen LogP contribution in [0.15, 0.2) is 12.3 Å². The molecule has 0 bridgehead atoms. The first kappa shape index (κ1) is 13.2. The zero-order valence-electron chi connectivity index (χ0n) is 10.9. The molecule has 1 saturated carbocycles. The summed E-state index contributed by atoms with van der Waals surface area (Å²) in [5.41, 5.74) is 1.06. The highest BCUT2D eigenvalue weighted by molar-refractivity contribution is 6.31. The number of nitrogens with one attached hydrogen (secondary N) is 1. The van der Waals surface area contributed by atoms with Crippen LogP contribution < -0.4 is 10.1 Å². The number of ether oxygens (including phenoxy) is 2. The van der Waals surface area contributed by atoms with E-state index in [-0.39, 0.29) is 6.10 Å². The quantitative estimate of drug-likeness (QED) is 0.901.